The number of hydrogen-bond acceptors (Lipinski definition) is 4. The van der Waals surface area contributed by atoms with E-state index in [1.54, 1.807) is 7.11 Å². The lowest BCUT2D eigenvalue weighted by atomic mass is 10.1. The Bertz CT molecular complexity index is 444. The molecular formula is C17H29N3O. The number of aryl methyl sites for hydroxylation is 1. The first-order chi connectivity index (χ1) is 10.1. The SMILES string of the molecule is COCCN(CC(C)C)c1cc(C)ncc1CNC1CC1. The Morgan fingerprint density at radius 1 is 1.43 bits per heavy atom. The lowest BCUT2D eigenvalue weighted by molar-refractivity contribution is 0.204. The lowest BCUT2D eigenvalue weighted by Crippen LogP contribution is -2.32. The van der Waals surface area contributed by atoms with Crippen LogP contribution in [0.2, 0.25) is 0 Å². The molecule has 4 nitrogen and oxygen atoms in total. The number of ether oxygens (including phenoxy) is 1. The zero-order chi connectivity index (χ0) is 15.2. The van der Waals surface area contributed by atoms with Crippen LogP contribution in [0.4, 0.5) is 5.69 Å². The lowest BCUT2D eigenvalue weighted by Gasteiger charge is -2.29. The van der Waals surface area contributed by atoms with Crippen LogP contribution < -0.4 is 10.2 Å². The van der Waals surface area contributed by atoms with Gasteiger partial charge in [0.05, 0.1) is 6.61 Å². The maximum Gasteiger partial charge on any atom is 0.0637 e. The fourth-order valence-electron chi connectivity index (χ4n) is 2.50. The molecule has 0 aromatic carbocycles. The quantitative estimate of drug-likeness (QED) is 0.759. The Kier molecular flexibility index (Phi) is 6.00. The van der Waals surface area contributed by atoms with E-state index in [9.17, 15) is 0 Å². The monoisotopic (exact) mass is 291 g/mol. The van der Waals surface area contributed by atoms with Gasteiger partial charge in [-0.1, -0.05) is 13.8 Å². The van der Waals surface area contributed by atoms with Gasteiger partial charge in [0.2, 0.25) is 0 Å². The molecule has 0 amide bonds. The predicted molar refractivity (Wildman–Crippen MR) is 87.8 cm³/mol. The number of nitrogens with zero attached hydrogens (tertiary/aromatic N) is 2. The molecular weight excluding hydrogens is 262 g/mol. The first kappa shape index (κ1) is 16.2. The summed E-state index contributed by atoms with van der Waals surface area (Å²) in [7, 11) is 1.76. The van der Waals surface area contributed by atoms with Crippen LogP contribution >= 0.6 is 0 Å². The number of pyridine rings is 1. The van der Waals surface area contributed by atoms with E-state index in [0.717, 1.165) is 38.0 Å². The molecule has 1 saturated carbocycles. The van der Waals surface area contributed by atoms with E-state index >= 15 is 0 Å². The van der Waals surface area contributed by atoms with Crippen molar-refractivity contribution in [2.24, 2.45) is 5.92 Å². The second kappa shape index (κ2) is 7.76. The van der Waals surface area contributed by atoms with Crippen molar-refractivity contribution >= 4 is 5.69 Å². The summed E-state index contributed by atoms with van der Waals surface area (Å²) in [6, 6.07) is 2.93. The van der Waals surface area contributed by atoms with Crippen molar-refractivity contribution in [2.45, 2.75) is 46.2 Å². The highest BCUT2D eigenvalue weighted by Crippen LogP contribution is 2.24. The van der Waals surface area contributed by atoms with Crippen LogP contribution in [0, 0.1) is 12.8 Å². The molecule has 4 heteroatoms. The Hall–Kier alpha value is -1.13. The number of rotatable bonds is 9. The summed E-state index contributed by atoms with van der Waals surface area (Å²) in [6.07, 6.45) is 4.65. The molecule has 1 aromatic rings. The average molecular weight is 291 g/mol. The normalized spacial score (nSPS) is 14.7. The zero-order valence-corrected chi connectivity index (χ0v) is 13.9. The molecule has 0 aliphatic heterocycles. The highest BCUT2D eigenvalue weighted by molar-refractivity contribution is 5.53. The molecule has 0 spiro atoms. The molecule has 1 heterocycles. The largest absolute Gasteiger partial charge is 0.383 e. The molecule has 1 aliphatic rings. The van der Waals surface area contributed by atoms with E-state index in [1.807, 2.05) is 6.20 Å². The van der Waals surface area contributed by atoms with Gasteiger partial charge in [-0.3, -0.25) is 4.98 Å². The molecule has 0 bridgehead atoms. The molecule has 0 atom stereocenters. The van der Waals surface area contributed by atoms with E-state index in [4.69, 9.17) is 4.74 Å². The molecule has 1 aliphatic carbocycles. The Balaban J connectivity index is 2.15. The minimum Gasteiger partial charge on any atom is -0.383 e. The van der Waals surface area contributed by atoms with Crippen LogP contribution in [0.25, 0.3) is 0 Å². The summed E-state index contributed by atoms with van der Waals surface area (Å²) in [5.41, 5.74) is 3.68. The van der Waals surface area contributed by atoms with E-state index in [-0.39, 0.29) is 0 Å². The fraction of sp³-hybridized carbons (Fsp3) is 0.706. The van der Waals surface area contributed by atoms with Crippen molar-refractivity contribution in [1.82, 2.24) is 10.3 Å². The Morgan fingerprint density at radius 3 is 2.81 bits per heavy atom. The molecule has 1 N–H and O–H groups in total. The van der Waals surface area contributed by atoms with Gasteiger partial charge in [0.15, 0.2) is 0 Å². The maximum atomic E-state index is 5.28. The fourth-order valence-corrected chi connectivity index (χ4v) is 2.50. The zero-order valence-electron chi connectivity index (χ0n) is 13.9. The van der Waals surface area contributed by atoms with E-state index < -0.39 is 0 Å². The third-order valence-corrected chi connectivity index (χ3v) is 3.75. The molecule has 1 aromatic heterocycles. The first-order valence-corrected chi connectivity index (χ1v) is 8.03. The van der Waals surface area contributed by atoms with Crippen LogP contribution in [0.3, 0.4) is 0 Å². The Morgan fingerprint density at radius 2 is 2.19 bits per heavy atom. The molecule has 0 saturated heterocycles. The minimum absolute atomic E-state index is 0.625. The topological polar surface area (TPSA) is 37.4 Å². The Labute approximate surface area is 128 Å². The van der Waals surface area contributed by atoms with Gasteiger partial charge in [-0.15, -0.1) is 0 Å². The first-order valence-electron chi connectivity index (χ1n) is 8.03. The van der Waals surface area contributed by atoms with Gasteiger partial charge in [0.1, 0.15) is 0 Å². The van der Waals surface area contributed by atoms with Crippen molar-refractivity contribution in [2.75, 3.05) is 31.7 Å². The van der Waals surface area contributed by atoms with Crippen LogP contribution in [0.1, 0.15) is 37.9 Å². The third kappa shape index (κ3) is 5.29. The van der Waals surface area contributed by atoms with Gasteiger partial charge in [0.25, 0.3) is 0 Å². The van der Waals surface area contributed by atoms with E-state index in [0.29, 0.717) is 5.92 Å². The van der Waals surface area contributed by atoms with Crippen LogP contribution in [-0.2, 0) is 11.3 Å². The van der Waals surface area contributed by atoms with Crippen molar-refractivity contribution in [3.8, 4) is 0 Å². The van der Waals surface area contributed by atoms with Crippen molar-refractivity contribution < 1.29 is 4.74 Å². The van der Waals surface area contributed by atoms with E-state index in [2.05, 4.69) is 42.0 Å². The second-order valence-corrected chi connectivity index (χ2v) is 6.44. The van der Waals surface area contributed by atoms with Gasteiger partial charge in [-0.25, -0.2) is 0 Å². The molecule has 2 rings (SSSR count). The molecule has 0 radical (unpaired) electrons. The predicted octanol–water partition coefficient (Wildman–Crippen LogP) is 2.75. The second-order valence-electron chi connectivity index (χ2n) is 6.44. The number of anilines is 1. The molecule has 0 unspecified atom stereocenters. The van der Waals surface area contributed by atoms with Crippen molar-refractivity contribution in [1.29, 1.82) is 0 Å². The summed E-state index contributed by atoms with van der Waals surface area (Å²) in [4.78, 5) is 6.92. The number of nitrogens with one attached hydrogen (secondary N) is 1. The number of hydrogen-bond donors (Lipinski definition) is 1. The summed E-state index contributed by atoms with van der Waals surface area (Å²) < 4.78 is 5.28. The van der Waals surface area contributed by atoms with Gasteiger partial charge in [0, 0.05) is 55.9 Å². The van der Waals surface area contributed by atoms with E-state index in [1.165, 1.54) is 24.1 Å². The van der Waals surface area contributed by atoms with Gasteiger partial charge in [-0.2, -0.15) is 0 Å². The molecule has 21 heavy (non-hydrogen) atoms. The summed E-state index contributed by atoms with van der Waals surface area (Å²) in [6.45, 7) is 10.2. The standard InChI is InChI=1S/C17H29N3O/c1-13(2)12-20(7-8-21-4)17-9-14(3)18-10-15(17)11-19-16-5-6-16/h9-10,13,16,19H,5-8,11-12H2,1-4H3. The van der Waals surface area contributed by atoms with Crippen LogP contribution in [-0.4, -0.2) is 37.8 Å². The van der Waals surface area contributed by atoms with Gasteiger partial charge < -0.3 is 15.0 Å². The minimum atomic E-state index is 0.625. The van der Waals surface area contributed by atoms with Gasteiger partial charge >= 0.3 is 0 Å². The highest BCUT2D eigenvalue weighted by Gasteiger charge is 2.21. The molecule has 118 valence electrons. The maximum absolute atomic E-state index is 5.28. The average Bonchev–Trinajstić information content (AvgIpc) is 3.26. The highest BCUT2D eigenvalue weighted by atomic mass is 16.5. The third-order valence-electron chi connectivity index (χ3n) is 3.75. The van der Waals surface area contributed by atoms with Crippen LogP contribution in [0.5, 0.6) is 0 Å². The van der Waals surface area contributed by atoms with Gasteiger partial charge in [-0.05, 0) is 31.7 Å². The van der Waals surface area contributed by atoms with Crippen molar-refractivity contribution in [3.63, 3.8) is 0 Å². The smallest absolute Gasteiger partial charge is 0.0637 e. The number of methoxy groups -OCH3 is 1. The summed E-state index contributed by atoms with van der Waals surface area (Å²) >= 11 is 0. The van der Waals surface area contributed by atoms with Crippen LogP contribution in [0.15, 0.2) is 12.3 Å². The molecule has 1 fully saturated rings. The number of aromatic nitrogens is 1. The summed E-state index contributed by atoms with van der Waals surface area (Å²) in [5.74, 6) is 0.625. The van der Waals surface area contributed by atoms with Crippen molar-refractivity contribution in [3.05, 3.63) is 23.5 Å². The summed E-state index contributed by atoms with van der Waals surface area (Å²) in [5, 5.41) is 3.60.